The highest BCUT2D eigenvalue weighted by Gasteiger charge is 2.23. The zero-order valence-corrected chi connectivity index (χ0v) is 16.0. The summed E-state index contributed by atoms with van der Waals surface area (Å²) in [5.41, 5.74) is 2.69. The van der Waals surface area contributed by atoms with Gasteiger partial charge in [0.25, 0.3) is 5.56 Å². The predicted octanol–water partition coefficient (Wildman–Crippen LogP) is 2.41. The topological polar surface area (TPSA) is 77.5 Å². The van der Waals surface area contributed by atoms with Crippen LogP contribution in [0.25, 0.3) is 16.2 Å². The molecule has 0 saturated carbocycles. The fraction of sp³-hybridized carbons (Fsp3) is 0.286. The largest absolute Gasteiger partial charge is 0.379 e. The van der Waals surface area contributed by atoms with Crippen molar-refractivity contribution in [3.05, 3.63) is 76.3 Å². The third kappa shape index (κ3) is 4.00. The zero-order valence-electron chi connectivity index (χ0n) is 16.0. The fourth-order valence-electron chi connectivity index (χ4n) is 3.40. The van der Waals surface area contributed by atoms with Gasteiger partial charge in [0, 0.05) is 38.3 Å². The normalized spacial score (nSPS) is 16.8. The van der Waals surface area contributed by atoms with E-state index >= 15 is 0 Å². The minimum absolute atomic E-state index is 0.108. The molecule has 0 bridgehead atoms. The molecule has 4 rings (SSSR count). The molecule has 146 valence electrons. The Kier molecular flexibility index (Phi) is 5.31. The van der Waals surface area contributed by atoms with Gasteiger partial charge in [-0.05, 0) is 11.6 Å². The molecular formula is C21H20N6O2. The molecule has 1 aliphatic heterocycles. The number of hydrogen-bond acceptors (Lipinski definition) is 6. The van der Waals surface area contributed by atoms with Gasteiger partial charge in [0.15, 0.2) is 5.69 Å². The molecule has 0 aliphatic carbocycles. The van der Waals surface area contributed by atoms with Crippen LogP contribution in [0.5, 0.6) is 0 Å². The van der Waals surface area contributed by atoms with Crippen LogP contribution in [-0.4, -0.2) is 45.8 Å². The number of aromatic nitrogens is 4. The van der Waals surface area contributed by atoms with Gasteiger partial charge >= 0.3 is 0 Å². The Morgan fingerprint density at radius 3 is 2.76 bits per heavy atom. The lowest BCUT2D eigenvalue weighted by atomic mass is 9.99. The van der Waals surface area contributed by atoms with Crippen molar-refractivity contribution in [1.82, 2.24) is 19.5 Å². The van der Waals surface area contributed by atoms with Crippen molar-refractivity contribution in [2.45, 2.75) is 5.92 Å². The molecule has 1 aliphatic rings. The molecule has 3 heterocycles. The quantitative estimate of drug-likeness (QED) is 0.642. The third-order valence-corrected chi connectivity index (χ3v) is 5.00. The van der Waals surface area contributed by atoms with Gasteiger partial charge in [-0.2, -0.15) is 0 Å². The molecule has 1 aromatic carbocycles. The van der Waals surface area contributed by atoms with E-state index in [1.165, 1.54) is 12.4 Å². The van der Waals surface area contributed by atoms with E-state index in [-0.39, 0.29) is 11.5 Å². The van der Waals surface area contributed by atoms with Crippen molar-refractivity contribution < 1.29 is 4.74 Å². The third-order valence-electron chi connectivity index (χ3n) is 5.00. The summed E-state index contributed by atoms with van der Waals surface area (Å²) in [6.07, 6.45) is 3.07. The lowest BCUT2D eigenvalue weighted by Gasteiger charge is -2.26. The number of hydrogen-bond donors (Lipinski definition) is 0. The predicted molar refractivity (Wildman–Crippen MR) is 109 cm³/mol. The Morgan fingerprint density at radius 1 is 1.21 bits per heavy atom. The highest BCUT2D eigenvalue weighted by molar-refractivity contribution is 5.55. The molecule has 8 heteroatoms. The van der Waals surface area contributed by atoms with Crippen LogP contribution < -0.4 is 10.5 Å². The fourth-order valence-corrected chi connectivity index (χ4v) is 3.40. The Morgan fingerprint density at radius 2 is 2.03 bits per heavy atom. The Balaban J connectivity index is 1.68. The maximum atomic E-state index is 12.6. The summed E-state index contributed by atoms with van der Waals surface area (Å²) in [5, 5.41) is 0. The zero-order chi connectivity index (χ0) is 20.2. The van der Waals surface area contributed by atoms with Crippen LogP contribution in [0.4, 0.5) is 11.6 Å². The second-order valence-corrected chi connectivity index (χ2v) is 6.85. The van der Waals surface area contributed by atoms with Crippen molar-refractivity contribution in [3.63, 3.8) is 0 Å². The first-order valence-corrected chi connectivity index (χ1v) is 9.30. The van der Waals surface area contributed by atoms with E-state index in [9.17, 15) is 4.79 Å². The van der Waals surface area contributed by atoms with Crippen LogP contribution in [0.2, 0.25) is 0 Å². The molecule has 2 aromatic heterocycles. The summed E-state index contributed by atoms with van der Waals surface area (Å²) in [4.78, 5) is 31.0. The van der Waals surface area contributed by atoms with Gasteiger partial charge < -0.3 is 9.64 Å². The van der Waals surface area contributed by atoms with E-state index < -0.39 is 0 Å². The minimum Gasteiger partial charge on any atom is -0.379 e. The highest BCUT2D eigenvalue weighted by atomic mass is 16.5. The smallest absolute Gasteiger partial charge is 0.255 e. The first-order valence-electron chi connectivity index (χ1n) is 9.30. The van der Waals surface area contributed by atoms with Crippen molar-refractivity contribution in [3.8, 4) is 11.4 Å². The SMILES string of the molecule is [C-]#[N+]c1ccc([C@@H]2COCCN(c3nc(-c4ccncn4)cc(=O)n3C)C2)cc1. The van der Waals surface area contributed by atoms with Crippen molar-refractivity contribution in [2.24, 2.45) is 7.05 Å². The van der Waals surface area contributed by atoms with Crippen LogP contribution in [0.1, 0.15) is 11.5 Å². The van der Waals surface area contributed by atoms with E-state index in [1.54, 1.807) is 23.9 Å². The average Bonchev–Trinajstić information content (AvgIpc) is 3.02. The first-order chi connectivity index (χ1) is 14.2. The number of nitrogens with zero attached hydrogens (tertiary/aromatic N) is 6. The maximum absolute atomic E-state index is 12.6. The number of rotatable bonds is 3. The highest BCUT2D eigenvalue weighted by Crippen LogP contribution is 2.25. The second kappa shape index (κ2) is 8.20. The Bertz CT molecular complexity index is 1090. The molecule has 29 heavy (non-hydrogen) atoms. The van der Waals surface area contributed by atoms with Gasteiger partial charge in [-0.15, -0.1) is 0 Å². The van der Waals surface area contributed by atoms with Crippen molar-refractivity contribution in [1.29, 1.82) is 0 Å². The van der Waals surface area contributed by atoms with Crippen molar-refractivity contribution >= 4 is 11.6 Å². The molecule has 3 aromatic rings. The summed E-state index contributed by atoms with van der Waals surface area (Å²) in [6.45, 7) is 9.52. The van der Waals surface area contributed by atoms with Crippen LogP contribution in [0, 0.1) is 6.57 Å². The number of benzene rings is 1. The summed E-state index contributed by atoms with van der Waals surface area (Å²) in [6, 6.07) is 10.8. The van der Waals surface area contributed by atoms with Crippen LogP contribution in [0.15, 0.2) is 53.7 Å². The summed E-state index contributed by atoms with van der Waals surface area (Å²) < 4.78 is 7.37. The lowest BCUT2D eigenvalue weighted by molar-refractivity contribution is 0.142. The Labute approximate surface area is 168 Å². The minimum atomic E-state index is -0.147. The summed E-state index contributed by atoms with van der Waals surface area (Å²) in [5.74, 6) is 0.691. The lowest BCUT2D eigenvalue weighted by Crippen LogP contribution is -2.35. The number of ether oxygens (including phenoxy) is 1. The summed E-state index contributed by atoms with van der Waals surface area (Å²) in [7, 11) is 1.72. The van der Waals surface area contributed by atoms with E-state index in [1.807, 2.05) is 24.3 Å². The monoisotopic (exact) mass is 388 g/mol. The van der Waals surface area contributed by atoms with Gasteiger partial charge in [0.05, 0.1) is 31.2 Å². The van der Waals surface area contributed by atoms with Gasteiger partial charge in [-0.3, -0.25) is 9.36 Å². The standard InChI is InChI=1S/C21H20N6O2/c1-22-17-5-3-15(4-6-17)16-12-27(9-10-29-13-16)21-25-19(11-20(28)26(21)2)18-7-8-23-14-24-18/h3-8,11,14,16H,9-10,12-13H2,2H3/t16-/m0/s1. The van der Waals surface area contributed by atoms with Crippen LogP contribution >= 0.6 is 0 Å². The van der Waals surface area contributed by atoms with Crippen molar-refractivity contribution in [2.75, 3.05) is 31.2 Å². The molecule has 1 saturated heterocycles. The first kappa shape index (κ1) is 18.8. The molecule has 1 fully saturated rings. The van der Waals surface area contributed by atoms with Crippen LogP contribution in [-0.2, 0) is 11.8 Å². The van der Waals surface area contributed by atoms with Gasteiger partial charge in [0.1, 0.15) is 6.33 Å². The summed E-state index contributed by atoms with van der Waals surface area (Å²) >= 11 is 0. The van der Waals surface area contributed by atoms with E-state index in [2.05, 4.69) is 19.7 Å². The van der Waals surface area contributed by atoms with Gasteiger partial charge in [0.2, 0.25) is 5.95 Å². The molecule has 0 N–H and O–H groups in total. The molecule has 8 nitrogen and oxygen atoms in total. The maximum Gasteiger partial charge on any atom is 0.255 e. The molecule has 0 spiro atoms. The van der Waals surface area contributed by atoms with E-state index in [0.29, 0.717) is 49.3 Å². The van der Waals surface area contributed by atoms with Crippen LogP contribution in [0.3, 0.4) is 0 Å². The Hall–Kier alpha value is -3.57. The average molecular weight is 388 g/mol. The molecule has 0 amide bonds. The molecular weight excluding hydrogens is 368 g/mol. The van der Waals surface area contributed by atoms with Gasteiger partial charge in [-0.1, -0.05) is 24.3 Å². The second-order valence-electron chi connectivity index (χ2n) is 6.85. The molecule has 1 atom stereocenters. The van der Waals surface area contributed by atoms with E-state index in [4.69, 9.17) is 16.3 Å². The molecule has 0 radical (unpaired) electrons. The molecule has 0 unspecified atom stereocenters. The van der Waals surface area contributed by atoms with Gasteiger partial charge in [-0.25, -0.2) is 19.8 Å². The number of anilines is 1. The van der Waals surface area contributed by atoms with E-state index in [0.717, 1.165) is 5.56 Å².